The van der Waals surface area contributed by atoms with Crippen LogP contribution in [0.15, 0.2) is 80.3 Å². The lowest BCUT2D eigenvalue weighted by Crippen LogP contribution is -2.25. The fourth-order valence-electron chi connectivity index (χ4n) is 2.54. The lowest BCUT2D eigenvalue weighted by molar-refractivity contribution is -0.384. The van der Waals surface area contributed by atoms with Crippen molar-refractivity contribution in [3.63, 3.8) is 0 Å². The number of ether oxygens (including phenoxy) is 1. The first kappa shape index (κ1) is 22.4. The van der Waals surface area contributed by atoms with Gasteiger partial charge in [0, 0.05) is 28.2 Å². The largest absolute Gasteiger partial charge is 0.450 e. The SMILES string of the molecule is O=C(/C=C/c1ccc(Br)o1)OC(C(=O)Nc1ccc([N+](=O)[O-])cc1Br)c1ccccc1. The molecular weight excluding hydrogens is 536 g/mol. The van der Waals surface area contributed by atoms with Gasteiger partial charge in [-0.25, -0.2) is 4.79 Å². The maximum absolute atomic E-state index is 12.9. The number of halogens is 2. The molecule has 0 radical (unpaired) electrons. The average Bonchev–Trinajstić information content (AvgIpc) is 3.17. The molecule has 3 rings (SSSR count). The van der Waals surface area contributed by atoms with E-state index in [1.165, 1.54) is 24.3 Å². The first-order valence-electron chi connectivity index (χ1n) is 8.77. The van der Waals surface area contributed by atoms with E-state index in [-0.39, 0.29) is 5.69 Å². The Hall–Kier alpha value is -3.24. The van der Waals surface area contributed by atoms with Crippen LogP contribution in [0.1, 0.15) is 17.4 Å². The Bertz CT molecular complexity index is 1140. The van der Waals surface area contributed by atoms with Gasteiger partial charge in [-0.3, -0.25) is 14.9 Å². The highest BCUT2D eigenvalue weighted by atomic mass is 79.9. The second-order valence-electron chi connectivity index (χ2n) is 6.11. The molecule has 0 saturated carbocycles. The zero-order valence-electron chi connectivity index (χ0n) is 15.7. The van der Waals surface area contributed by atoms with Crippen LogP contribution in [0.5, 0.6) is 0 Å². The first-order valence-corrected chi connectivity index (χ1v) is 10.4. The Labute approximate surface area is 193 Å². The van der Waals surface area contributed by atoms with E-state index in [0.717, 1.165) is 6.08 Å². The number of rotatable bonds is 7. The summed E-state index contributed by atoms with van der Waals surface area (Å²) in [6.07, 6.45) is 1.32. The third-order valence-electron chi connectivity index (χ3n) is 3.97. The molecule has 1 N–H and O–H groups in total. The van der Waals surface area contributed by atoms with Gasteiger partial charge in [0.25, 0.3) is 11.6 Å². The predicted octanol–water partition coefficient (Wildman–Crippen LogP) is 5.65. The summed E-state index contributed by atoms with van der Waals surface area (Å²) < 4.78 is 11.5. The Morgan fingerprint density at radius 2 is 1.84 bits per heavy atom. The molecule has 0 saturated heterocycles. The number of anilines is 1. The van der Waals surface area contributed by atoms with Crippen LogP contribution in [0, 0.1) is 10.1 Å². The van der Waals surface area contributed by atoms with Crippen LogP contribution in [0.2, 0.25) is 0 Å². The van der Waals surface area contributed by atoms with Gasteiger partial charge in [-0.1, -0.05) is 30.3 Å². The smallest absolute Gasteiger partial charge is 0.332 e. The second kappa shape index (κ2) is 10.2. The van der Waals surface area contributed by atoms with Crippen molar-refractivity contribution in [2.45, 2.75) is 6.10 Å². The van der Waals surface area contributed by atoms with E-state index in [9.17, 15) is 19.7 Å². The van der Waals surface area contributed by atoms with Gasteiger partial charge in [-0.15, -0.1) is 0 Å². The number of benzene rings is 2. The predicted molar refractivity (Wildman–Crippen MR) is 120 cm³/mol. The summed E-state index contributed by atoms with van der Waals surface area (Å²) in [5.41, 5.74) is 0.620. The number of nitro groups is 1. The fourth-order valence-corrected chi connectivity index (χ4v) is 3.33. The van der Waals surface area contributed by atoms with E-state index < -0.39 is 22.9 Å². The summed E-state index contributed by atoms with van der Waals surface area (Å²) in [6, 6.07) is 15.7. The lowest BCUT2D eigenvalue weighted by Gasteiger charge is -2.17. The van der Waals surface area contributed by atoms with Crippen LogP contribution in [0.25, 0.3) is 6.08 Å². The third-order valence-corrected chi connectivity index (χ3v) is 5.06. The van der Waals surface area contributed by atoms with Crippen molar-refractivity contribution in [2.75, 3.05) is 5.32 Å². The minimum atomic E-state index is -1.25. The van der Waals surface area contributed by atoms with Gasteiger partial charge < -0.3 is 14.5 Å². The maximum atomic E-state index is 12.9. The number of hydrogen-bond donors (Lipinski definition) is 1. The molecular formula is C21H14Br2N2O6. The molecule has 0 bridgehead atoms. The van der Waals surface area contributed by atoms with E-state index >= 15 is 0 Å². The molecule has 0 fully saturated rings. The van der Waals surface area contributed by atoms with Gasteiger partial charge in [0.1, 0.15) is 5.76 Å². The van der Waals surface area contributed by atoms with E-state index in [1.54, 1.807) is 42.5 Å². The Kier molecular flexibility index (Phi) is 7.37. The summed E-state index contributed by atoms with van der Waals surface area (Å²) in [5.74, 6) is -0.943. The molecule has 8 nitrogen and oxygen atoms in total. The van der Waals surface area contributed by atoms with E-state index in [1.807, 2.05) is 0 Å². The summed E-state index contributed by atoms with van der Waals surface area (Å²) >= 11 is 6.37. The molecule has 2 aromatic carbocycles. The molecule has 1 aromatic heterocycles. The number of amides is 1. The number of carbonyl (C=O) groups excluding carboxylic acids is 2. The number of nitro benzene ring substituents is 1. The molecule has 0 aliphatic heterocycles. The minimum Gasteiger partial charge on any atom is -0.450 e. The minimum absolute atomic E-state index is 0.134. The van der Waals surface area contributed by atoms with Crippen LogP contribution in [0.3, 0.4) is 0 Å². The van der Waals surface area contributed by atoms with Crippen LogP contribution < -0.4 is 5.32 Å². The third kappa shape index (κ3) is 6.12. The number of non-ortho nitro benzene ring substituents is 1. The van der Waals surface area contributed by atoms with Crippen LogP contribution in [0.4, 0.5) is 11.4 Å². The normalized spacial score (nSPS) is 11.8. The highest BCUT2D eigenvalue weighted by molar-refractivity contribution is 9.10. The van der Waals surface area contributed by atoms with Gasteiger partial charge in [0.05, 0.1) is 10.6 Å². The summed E-state index contributed by atoms with van der Waals surface area (Å²) in [4.78, 5) is 35.6. The summed E-state index contributed by atoms with van der Waals surface area (Å²) in [6.45, 7) is 0. The van der Waals surface area contributed by atoms with Crippen molar-refractivity contribution in [1.29, 1.82) is 0 Å². The lowest BCUT2D eigenvalue weighted by atomic mass is 10.1. The Morgan fingerprint density at radius 1 is 1.10 bits per heavy atom. The second-order valence-corrected chi connectivity index (χ2v) is 7.75. The van der Waals surface area contributed by atoms with E-state index in [4.69, 9.17) is 9.15 Å². The first-order chi connectivity index (χ1) is 14.8. The summed E-state index contributed by atoms with van der Waals surface area (Å²) in [5, 5.41) is 13.5. The van der Waals surface area contributed by atoms with Crippen molar-refractivity contribution in [1.82, 2.24) is 0 Å². The van der Waals surface area contributed by atoms with Gasteiger partial charge in [0.2, 0.25) is 6.10 Å². The number of hydrogen-bond acceptors (Lipinski definition) is 6. The molecule has 1 atom stereocenters. The topological polar surface area (TPSA) is 112 Å². The van der Waals surface area contributed by atoms with Crippen LogP contribution in [-0.2, 0) is 14.3 Å². The van der Waals surface area contributed by atoms with E-state index in [2.05, 4.69) is 37.2 Å². The number of carbonyl (C=O) groups is 2. The number of nitrogens with zero attached hydrogens (tertiary/aromatic N) is 1. The number of esters is 1. The van der Waals surface area contributed by atoms with Gasteiger partial charge in [-0.2, -0.15) is 0 Å². The van der Waals surface area contributed by atoms with Crippen molar-refractivity contribution < 1.29 is 23.7 Å². The van der Waals surface area contributed by atoms with Crippen LogP contribution >= 0.6 is 31.9 Å². The highest BCUT2D eigenvalue weighted by Crippen LogP contribution is 2.29. The standard InChI is InChI=1S/C21H14Br2N2O6/c22-16-12-14(25(28)29)6-9-17(16)24-21(27)20(13-4-2-1-3-5-13)31-19(26)11-8-15-7-10-18(23)30-15/h1-12,20H,(H,24,27)/b11-8+. The van der Waals surface area contributed by atoms with E-state index in [0.29, 0.717) is 26.2 Å². The van der Waals surface area contributed by atoms with Gasteiger partial charge >= 0.3 is 5.97 Å². The van der Waals surface area contributed by atoms with Crippen molar-refractivity contribution >= 4 is 61.2 Å². The molecule has 10 heteroatoms. The summed E-state index contributed by atoms with van der Waals surface area (Å²) in [7, 11) is 0. The van der Waals surface area contributed by atoms with Gasteiger partial charge in [0.15, 0.2) is 4.67 Å². The molecule has 0 aliphatic rings. The monoisotopic (exact) mass is 548 g/mol. The van der Waals surface area contributed by atoms with Crippen LogP contribution in [-0.4, -0.2) is 16.8 Å². The zero-order valence-corrected chi connectivity index (χ0v) is 18.8. The molecule has 3 aromatic rings. The number of furan rings is 1. The average molecular weight is 550 g/mol. The van der Waals surface area contributed by atoms with Gasteiger partial charge in [-0.05, 0) is 56.1 Å². The molecule has 0 aliphatic carbocycles. The van der Waals surface area contributed by atoms with Crippen molar-refractivity contribution in [2.24, 2.45) is 0 Å². The molecule has 1 heterocycles. The fraction of sp³-hybridized carbons (Fsp3) is 0.0476. The maximum Gasteiger partial charge on any atom is 0.332 e. The number of nitrogens with one attached hydrogen (secondary N) is 1. The molecule has 158 valence electrons. The highest BCUT2D eigenvalue weighted by Gasteiger charge is 2.25. The molecule has 1 amide bonds. The van der Waals surface area contributed by atoms with Crippen molar-refractivity contribution in [3.8, 4) is 0 Å². The molecule has 0 spiro atoms. The van der Waals surface area contributed by atoms with Crippen molar-refractivity contribution in [3.05, 3.63) is 97.3 Å². The Balaban J connectivity index is 1.79. The quantitative estimate of drug-likeness (QED) is 0.176. The Morgan fingerprint density at radius 3 is 2.45 bits per heavy atom. The zero-order chi connectivity index (χ0) is 22.4. The molecule has 1 unspecified atom stereocenters. The molecule has 31 heavy (non-hydrogen) atoms.